The first-order chi connectivity index (χ1) is 13.5. The van der Waals surface area contributed by atoms with Gasteiger partial charge in [-0.2, -0.15) is 0 Å². The molecule has 28 heavy (non-hydrogen) atoms. The lowest BCUT2D eigenvalue weighted by atomic mass is 10.0. The molecular weight excluding hydrogens is 380 g/mol. The Hall–Kier alpha value is -1.99. The quantitative estimate of drug-likeness (QED) is 0.817. The number of carbonyl (C=O) groups excluding carboxylic acids is 2. The predicted octanol–water partition coefficient (Wildman–Crippen LogP) is 1.35. The van der Waals surface area contributed by atoms with E-state index < -0.39 is 0 Å². The van der Waals surface area contributed by atoms with Crippen molar-refractivity contribution >= 4 is 29.1 Å². The molecule has 2 amide bonds. The Bertz CT molecular complexity index is 751. The van der Waals surface area contributed by atoms with E-state index in [0.717, 1.165) is 50.3 Å². The first-order valence-corrected chi connectivity index (χ1v) is 10.3. The van der Waals surface area contributed by atoms with Gasteiger partial charge in [-0.15, -0.1) is 0 Å². The van der Waals surface area contributed by atoms with Crippen LogP contribution in [0.5, 0.6) is 5.75 Å². The maximum atomic E-state index is 12.6. The summed E-state index contributed by atoms with van der Waals surface area (Å²) in [6.07, 6.45) is 2.67. The van der Waals surface area contributed by atoms with Crippen LogP contribution in [0.15, 0.2) is 18.2 Å². The maximum absolute atomic E-state index is 12.6. The highest BCUT2D eigenvalue weighted by molar-refractivity contribution is 6.31. The number of likely N-dealkylation sites (tertiary alicyclic amines) is 2. The van der Waals surface area contributed by atoms with Crippen molar-refractivity contribution in [1.29, 1.82) is 0 Å². The molecule has 0 aromatic heterocycles. The molecule has 152 valence electrons. The Morgan fingerprint density at radius 1 is 1.21 bits per heavy atom. The molecule has 0 unspecified atom stereocenters. The molecule has 1 aromatic carbocycles. The third-order valence-electron chi connectivity index (χ3n) is 5.95. The van der Waals surface area contributed by atoms with E-state index in [2.05, 4.69) is 10.2 Å². The second-order valence-corrected chi connectivity index (χ2v) is 8.26. The van der Waals surface area contributed by atoms with Crippen LogP contribution in [0, 0.1) is 0 Å². The number of hydrogen-bond acceptors (Lipinski definition) is 5. The lowest BCUT2D eigenvalue weighted by Gasteiger charge is -2.36. The van der Waals surface area contributed by atoms with Crippen molar-refractivity contribution in [3.05, 3.63) is 23.2 Å². The van der Waals surface area contributed by atoms with Gasteiger partial charge in [0.05, 0.1) is 24.8 Å². The molecule has 1 aromatic rings. The van der Waals surface area contributed by atoms with Gasteiger partial charge >= 0.3 is 0 Å². The zero-order valence-corrected chi connectivity index (χ0v) is 17.0. The van der Waals surface area contributed by atoms with Crippen LogP contribution in [0.1, 0.15) is 19.3 Å². The fourth-order valence-electron chi connectivity index (χ4n) is 4.36. The third kappa shape index (κ3) is 4.05. The van der Waals surface area contributed by atoms with Crippen LogP contribution in [0.3, 0.4) is 0 Å². The average Bonchev–Trinajstić information content (AvgIpc) is 3.02. The van der Waals surface area contributed by atoms with E-state index in [-0.39, 0.29) is 23.9 Å². The fraction of sp³-hybridized carbons (Fsp3) is 0.600. The van der Waals surface area contributed by atoms with Gasteiger partial charge in [0.1, 0.15) is 12.4 Å². The van der Waals surface area contributed by atoms with Crippen molar-refractivity contribution in [3.8, 4) is 5.75 Å². The lowest BCUT2D eigenvalue weighted by Crippen LogP contribution is -2.51. The number of likely N-dealkylation sites (N-methyl/N-ethyl adjacent to an activating group) is 1. The van der Waals surface area contributed by atoms with Crippen LogP contribution in [0.4, 0.5) is 5.69 Å². The maximum Gasteiger partial charge on any atom is 0.239 e. The van der Waals surface area contributed by atoms with Crippen LogP contribution < -0.4 is 15.0 Å². The first-order valence-electron chi connectivity index (χ1n) is 9.97. The Balaban J connectivity index is 1.28. The minimum atomic E-state index is 0.0166. The standard InChI is InChI=1S/C20H27ClN4O3/c1-23-7-6-16(20(23)27)24-8-4-15(5-9-24)22-19(26)13-25-10-11-28-18-3-2-14(21)12-17(18)25/h2-3,12,15-16H,4-11,13H2,1H3,(H,22,26)/t16-/m0/s1. The van der Waals surface area contributed by atoms with Gasteiger partial charge in [0.25, 0.3) is 0 Å². The molecule has 7 nitrogen and oxygen atoms in total. The summed E-state index contributed by atoms with van der Waals surface area (Å²) in [5.74, 6) is 1.01. The largest absolute Gasteiger partial charge is 0.490 e. The van der Waals surface area contributed by atoms with Crippen molar-refractivity contribution in [1.82, 2.24) is 15.1 Å². The van der Waals surface area contributed by atoms with E-state index >= 15 is 0 Å². The normalized spacial score (nSPS) is 23.5. The summed E-state index contributed by atoms with van der Waals surface area (Å²) in [5, 5.41) is 3.80. The van der Waals surface area contributed by atoms with E-state index in [9.17, 15) is 9.59 Å². The van der Waals surface area contributed by atoms with Gasteiger partial charge < -0.3 is 19.9 Å². The number of nitrogens with one attached hydrogen (secondary N) is 1. The molecule has 2 saturated heterocycles. The number of fused-ring (bicyclic) bond motifs is 1. The number of amides is 2. The number of rotatable bonds is 4. The molecule has 0 bridgehead atoms. The van der Waals surface area contributed by atoms with Crippen LogP contribution >= 0.6 is 11.6 Å². The van der Waals surface area contributed by atoms with E-state index in [4.69, 9.17) is 16.3 Å². The van der Waals surface area contributed by atoms with Gasteiger partial charge in [-0.1, -0.05) is 11.6 Å². The second kappa shape index (κ2) is 8.17. The highest BCUT2D eigenvalue weighted by Crippen LogP contribution is 2.33. The summed E-state index contributed by atoms with van der Waals surface area (Å²) in [6, 6.07) is 5.68. The summed E-state index contributed by atoms with van der Waals surface area (Å²) in [5.41, 5.74) is 0.868. The van der Waals surface area contributed by atoms with Crippen molar-refractivity contribution in [2.45, 2.75) is 31.3 Å². The summed E-state index contributed by atoms with van der Waals surface area (Å²) in [7, 11) is 1.87. The van der Waals surface area contributed by atoms with Crippen LogP contribution in [0.25, 0.3) is 0 Å². The van der Waals surface area contributed by atoms with Crippen molar-refractivity contribution in [3.63, 3.8) is 0 Å². The van der Waals surface area contributed by atoms with E-state index in [0.29, 0.717) is 24.7 Å². The molecule has 1 atom stereocenters. The Labute approximate surface area is 170 Å². The zero-order chi connectivity index (χ0) is 19.7. The predicted molar refractivity (Wildman–Crippen MR) is 108 cm³/mol. The number of anilines is 1. The monoisotopic (exact) mass is 406 g/mol. The van der Waals surface area contributed by atoms with Crippen molar-refractivity contribution in [2.75, 3.05) is 51.3 Å². The molecule has 3 heterocycles. The topological polar surface area (TPSA) is 65.1 Å². The van der Waals surface area contributed by atoms with E-state index in [1.165, 1.54) is 0 Å². The zero-order valence-electron chi connectivity index (χ0n) is 16.2. The van der Waals surface area contributed by atoms with Crippen molar-refractivity contribution < 1.29 is 14.3 Å². The van der Waals surface area contributed by atoms with Gasteiger partial charge in [0.15, 0.2) is 0 Å². The number of benzene rings is 1. The van der Waals surface area contributed by atoms with Crippen LogP contribution in [0.2, 0.25) is 5.02 Å². The first kappa shape index (κ1) is 19.3. The Morgan fingerprint density at radius 2 is 2.00 bits per heavy atom. The van der Waals surface area contributed by atoms with Crippen LogP contribution in [-0.4, -0.2) is 80.1 Å². The molecule has 4 rings (SSSR count). The van der Waals surface area contributed by atoms with Gasteiger partial charge in [-0.05, 0) is 37.5 Å². The smallest absolute Gasteiger partial charge is 0.239 e. The molecule has 0 saturated carbocycles. The van der Waals surface area contributed by atoms with Crippen LogP contribution in [-0.2, 0) is 9.59 Å². The van der Waals surface area contributed by atoms with E-state index in [1.54, 1.807) is 6.07 Å². The fourth-order valence-corrected chi connectivity index (χ4v) is 4.52. The Morgan fingerprint density at radius 3 is 2.71 bits per heavy atom. The summed E-state index contributed by atoms with van der Waals surface area (Å²) in [4.78, 5) is 30.9. The molecule has 8 heteroatoms. The number of nitrogens with zero attached hydrogens (tertiary/aromatic N) is 3. The molecule has 0 spiro atoms. The number of ether oxygens (including phenoxy) is 1. The van der Waals surface area contributed by atoms with Gasteiger partial charge in [0.2, 0.25) is 11.8 Å². The van der Waals surface area contributed by atoms with E-state index in [1.807, 2.05) is 29.0 Å². The third-order valence-corrected chi connectivity index (χ3v) is 6.18. The van der Waals surface area contributed by atoms with Crippen molar-refractivity contribution in [2.24, 2.45) is 0 Å². The number of piperidine rings is 1. The SMILES string of the molecule is CN1CC[C@H](N2CCC(NC(=O)CN3CCOc4ccc(Cl)cc43)CC2)C1=O. The molecule has 3 aliphatic rings. The van der Waals surface area contributed by atoms with Gasteiger partial charge in [-0.25, -0.2) is 0 Å². The van der Waals surface area contributed by atoms with Gasteiger partial charge in [-0.3, -0.25) is 14.5 Å². The molecule has 3 aliphatic heterocycles. The minimum Gasteiger partial charge on any atom is -0.490 e. The highest BCUT2D eigenvalue weighted by Gasteiger charge is 2.36. The molecule has 1 N–H and O–H groups in total. The Kier molecular flexibility index (Phi) is 5.64. The molecule has 2 fully saturated rings. The minimum absolute atomic E-state index is 0.0166. The highest BCUT2D eigenvalue weighted by atomic mass is 35.5. The molecule has 0 aliphatic carbocycles. The average molecular weight is 407 g/mol. The molecule has 0 radical (unpaired) electrons. The number of carbonyl (C=O) groups is 2. The summed E-state index contributed by atoms with van der Waals surface area (Å²) in [6.45, 7) is 4.06. The summed E-state index contributed by atoms with van der Waals surface area (Å²) < 4.78 is 5.65. The number of halogens is 1. The van der Waals surface area contributed by atoms with Gasteiger partial charge in [0, 0.05) is 37.7 Å². The molecular formula is C20H27ClN4O3. The lowest BCUT2D eigenvalue weighted by molar-refractivity contribution is -0.131. The number of hydrogen-bond donors (Lipinski definition) is 1. The second-order valence-electron chi connectivity index (χ2n) is 7.82. The summed E-state index contributed by atoms with van der Waals surface area (Å²) >= 11 is 6.11.